The first-order chi connectivity index (χ1) is 24.3. The van der Waals surface area contributed by atoms with Gasteiger partial charge in [-0.15, -0.1) is 0 Å². The molecule has 2 N–H and O–H groups in total. The molecule has 4 fully saturated rings. The Balaban J connectivity index is 0.000000193. The molecule has 0 aliphatic heterocycles. The highest BCUT2D eigenvalue weighted by atomic mass is 16.5. The fraction of sp³-hybridized carbons (Fsp3) is 0.636. The molecule has 2 aromatic rings. The number of carboxylic acid groups (broad SMARTS) is 2. The van der Waals surface area contributed by atoms with Gasteiger partial charge in [-0.25, -0.2) is 9.59 Å². The molecule has 52 heavy (non-hydrogen) atoms. The number of rotatable bonds is 12. The molecular formula is C44H66N2O6. The third-order valence-electron chi connectivity index (χ3n) is 14.3. The van der Waals surface area contributed by atoms with E-state index < -0.39 is 11.9 Å². The monoisotopic (exact) mass is 718 g/mol. The average molecular weight is 719 g/mol. The SMILES string of the molecule is CN(C)C(CO[C@H]1C[C@H]2CC[C@]1(C)C2(C)C)c1ccccc1.CN(C)C(CO[C@H]1C[C@H]2CC[C@]1(C)C2(C)C)c1ccccc1.O=C(O)/C=C/C(=O)O. The molecule has 4 aliphatic carbocycles. The Bertz CT molecular complexity index is 1380. The number of benzene rings is 2. The Morgan fingerprint density at radius 2 is 0.981 bits per heavy atom. The number of fused-ring (bicyclic) bond motifs is 4. The standard InChI is InChI=1S/2C20H31NO.C4H4O4/c2*1-19(2)16-11-12-20(19,3)18(13-16)22-14-17(21(4)5)15-9-7-6-8-10-15;5-3(6)1-2-4(7)8/h2*6-10,16-18H,11-14H2,1-5H3;1-2H,(H,5,6)(H,7,8)/b;;2-1+/t2*16-,17?,18+,20+;/m11./s1. The van der Waals surface area contributed by atoms with Crippen molar-refractivity contribution in [2.45, 2.75) is 104 Å². The van der Waals surface area contributed by atoms with Gasteiger partial charge >= 0.3 is 11.9 Å². The fourth-order valence-corrected chi connectivity index (χ4v) is 9.76. The Morgan fingerprint density at radius 1 is 0.654 bits per heavy atom. The zero-order valence-corrected chi connectivity index (χ0v) is 33.5. The minimum absolute atomic E-state index is 0.340. The molecule has 2 aromatic carbocycles. The van der Waals surface area contributed by atoms with Gasteiger partial charge in [0.15, 0.2) is 0 Å². The van der Waals surface area contributed by atoms with Crippen molar-refractivity contribution in [1.82, 2.24) is 9.80 Å². The van der Waals surface area contributed by atoms with Crippen molar-refractivity contribution in [3.05, 3.63) is 83.9 Å². The van der Waals surface area contributed by atoms with E-state index in [4.69, 9.17) is 19.7 Å². The second-order valence-corrected chi connectivity index (χ2v) is 17.7. The van der Waals surface area contributed by atoms with Crippen LogP contribution in [0.2, 0.25) is 0 Å². The highest BCUT2D eigenvalue weighted by Crippen LogP contribution is 2.67. The van der Waals surface area contributed by atoms with Crippen LogP contribution >= 0.6 is 0 Å². The van der Waals surface area contributed by atoms with Gasteiger partial charge in [0.25, 0.3) is 0 Å². The van der Waals surface area contributed by atoms with Gasteiger partial charge < -0.3 is 29.5 Å². The predicted molar refractivity (Wildman–Crippen MR) is 208 cm³/mol. The Hall–Kier alpha value is -3.04. The maximum atomic E-state index is 9.55. The lowest BCUT2D eigenvalue weighted by Crippen LogP contribution is -2.38. The van der Waals surface area contributed by atoms with Gasteiger partial charge in [-0.1, -0.05) is 102 Å². The van der Waals surface area contributed by atoms with Crippen molar-refractivity contribution in [3.63, 3.8) is 0 Å². The number of likely N-dealkylation sites (N-methyl/N-ethyl adjacent to an activating group) is 2. The Morgan fingerprint density at radius 3 is 1.21 bits per heavy atom. The van der Waals surface area contributed by atoms with Crippen molar-refractivity contribution >= 4 is 11.9 Å². The third kappa shape index (κ3) is 8.83. The predicted octanol–water partition coefficient (Wildman–Crippen LogP) is 8.75. The van der Waals surface area contributed by atoms with E-state index in [1.54, 1.807) is 0 Å². The zero-order chi connectivity index (χ0) is 38.5. The van der Waals surface area contributed by atoms with Crippen LogP contribution in [0.1, 0.15) is 103 Å². The van der Waals surface area contributed by atoms with E-state index in [1.807, 2.05) is 0 Å². The zero-order valence-electron chi connectivity index (χ0n) is 33.5. The van der Waals surface area contributed by atoms with Crippen LogP contribution in [0.3, 0.4) is 0 Å². The first-order valence-corrected chi connectivity index (χ1v) is 19.1. The van der Waals surface area contributed by atoms with Crippen LogP contribution < -0.4 is 0 Å². The summed E-state index contributed by atoms with van der Waals surface area (Å²) in [5.41, 5.74) is 4.26. The average Bonchev–Trinajstić information content (AvgIpc) is 3.61. The third-order valence-corrected chi connectivity index (χ3v) is 14.3. The van der Waals surface area contributed by atoms with Gasteiger partial charge in [-0.05, 0) is 111 Å². The van der Waals surface area contributed by atoms with Crippen LogP contribution in [0.4, 0.5) is 0 Å². The summed E-state index contributed by atoms with van der Waals surface area (Å²) >= 11 is 0. The van der Waals surface area contributed by atoms with Gasteiger partial charge in [0, 0.05) is 12.2 Å². The lowest BCUT2D eigenvalue weighted by Gasteiger charge is -2.39. The largest absolute Gasteiger partial charge is 0.478 e. The van der Waals surface area contributed by atoms with Crippen LogP contribution in [0.25, 0.3) is 0 Å². The van der Waals surface area contributed by atoms with Gasteiger partial charge in [0.05, 0.1) is 37.5 Å². The number of carbonyl (C=O) groups is 2. The smallest absolute Gasteiger partial charge is 0.328 e. The van der Waals surface area contributed by atoms with E-state index in [2.05, 4.69) is 140 Å². The summed E-state index contributed by atoms with van der Waals surface area (Å²) in [6.45, 7) is 16.3. The summed E-state index contributed by atoms with van der Waals surface area (Å²) in [5, 5.41) is 15.6. The molecule has 6 rings (SSSR count). The number of carboxylic acids is 2. The molecule has 4 aliphatic rings. The highest BCUT2D eigenvalue weighted by Gasteiger charge is 2.63. The Kier molecular flexibility index (Phi) is 13.6. The molecule has 0 spiro atoms. The molecule has 0 heterocycles. The van der Waals surface area contributed by atoms with E-state index in [1.165, 1.54) is 49.7 Å². The topological polar surface area (TPSA) is 99.5 Å². The second kappa shape index (κ2) is 17.0. The molecule has 0 saturated heterocycles. The first kappa shape index (κ1) is 41.7. The first-order valence-electron chi connectivity index (χ1n) is 19.1. The summed E-state index contributed by atoms with van der Waals surface area (Å²) in [5.74, 6) is -0.825. The summed E-state index contributed by atoms with van der Waals surface area (Å²) in [7, 11) is 8.59. The number of aliphatic carboxylic acids is 2. The molecular weight excluding hydrogens is 652 g/mol. The highest BCUT2D eigenvalue weighted by molar-refractivity contribution is 5.89. The normalized spacial score (nSPS) is 30.5. The van der Waals surface area contributed by atoms with Crippen LogP contribution in [0.15, 0.2) is 72.8 Å². The lowest BCUT2D eigenvalue weighted by molar-refractivity contribution is -0.134. The molecule has 4 saturated carbocycles. The number of hydrogen-bond acceptors (Lipinski definition) is 6. The van der Waals surface area contributed by atoms with Crippen LogP contribution in [-0.2, 0) is 19.1 Å². The number of nitrogens with zero attached hydrogens (tertiary/aromatic N) is 2. The Labute approximate surface area is 313 Å². The van der Waals surface area contributed by atoms with Crippen molar-refractivity contribution in [2.24, 2.45) is 33.5 Å². The molecule has 288 valence electrons. The lowest BCUT2D eigenvalue weighted by atomic mass is 9.70. The molecule has 0 amide bonds. The molecule has 4 bridgehead atoms. The van der Waals surface area contributed by atoms with Gasteiger partial charge in [-0.3, -0.25) is 0 Å². The van der Waals surface area contributed by atoms with Crippen molar-refractivity contribution in [3.8, 4) is 0 Å². The van der Waals surface area contributed by atoms with Gasteiger partial charge in [-0.2, -0.15) is 0 Å². The summed E-state index contributed by atoms with van der Waals surface area (Å²) in [4.78, 5) is 23.7. The van der Waals surface area contributed by atoms with Gasteiger partial charge in [0.1, 0.15) is 0 Å². The van der Waals surface area contributed by atoms with Crippen LogP contribution in [0.5, 0.6) is 0 Å². The minimum atomic E-state index is -1.26. The van der Waals surface area contributed by atoms with E-state index >= 15 is 0 Å². The number of ether oxygens (including phenoxy) is 2. The van der Waals surface area contributed by atoms with Gasteiger partial charge in [0.2, 0.25) is 0 Å². The van der Waals surface area contributed by atoms with Crippen molar-refractivity contribution < 1.29 is 29.3 Å². The maximum Gasteiger partial charge on any atom is 0.328 e. The minimum Gasteiger partial charge on any atom is -0.478 e. The number of hydrogen-bond donors (Lipinski definition) is 2. The molecule has 8 heteroatoms. The molecule has 2 unspecified atom stereocenters. The van der Waals surface area contributed by atoms with Crippen LogP contribution in [0, 0.1) is 33.5 Å². The maximum absolute atomic E-state index is 9.55. The molecule has 8 atom stereocenters. The van der Waals surface area contributed by atoms with Crippen LogP contribution in [-0.4, -0.2) is 85.6 Å². The quantitative estimate of drug-likeness (QED) is 0.210. The van der Waals surface area contributed by atoms with E-state index in [0.717, 1.165) is 25.0 Å². The molecule has 0 aromatic heterocycles. The van der Waals surface area contributed by atoms with Crippen molar-refractivity contribution in [2.75, 3.05) is 41.4 Å². The summed E-state index contributed by atoms with van der Waals surface area (Å²) in [6.07, 6.45) is 9.89. The molecule has 8 nitrogen and oxygen atoms in total. The summed E-state index contributed by atoms with van der Waals surface area (Å²) in [6, 6.07) is 22.2. The second-order valence-electron chi connectivity index (χ2n) is 17.7. The van der Waals surface area contributed by atoms with E-state index in [-0.39, 0.29) is 0 Å². The fourth-order valence-electron chi connectivity index (χ4n) is 9.76. The van der Waals surface area contributed by atoms with E-state index in [0.29, 0.717) is 58.1 Å². The van der Waals surface area contributed by atoms with E-state index in [9.17, 15) is 9.59 Å². The van der Waals surface area contributed by atoms with Crippen molar-refractivity contribution in [1.29, 1.82) is 0 Å². The summed E-state index contributed by atoms with van der Waals surface area (Å²) < 4.78 is 13.0. The molecule has 0 radical (unpaired) electrons.